The molecule has 0 amide bonds. The Bertz CT molecular complexity index is 433. The SMILES string of the molecule is NC1=NC2CCCCC2C1(O)C1CCCC2CCCCC21. The molecule has 0 aromatic carbocycles. The molecule has 21 heavy (non-hydrogen) atoms. The lowest BCUT2D eigenvalue weighted by atomic mass is 9.57. The van der Waals surface area contributed by atoms with Crippen LogP contribution in [0.4, 0.5) is 0 Å². The Hall–Kier alpha value is -0.570. The van der Waals surface area contributed by atoms with Gasteiger partial charge in [0.15, 0.2) is 0 Å². The van der Waals surface area contributed by atoms with Crippen LogP contribution in [0.2, 0.25) is 0 Å². The van der Waals surface area contributed by atoms with Crippen LogP contribution in [0.5, 0.6) is 0 Å². The molecule has 6 atom stereocenters. The number of nitrogens with zero attached hydrogens (tertiary/aromatic N) is 1. The zero-order valence-electron chi connectivity index (χ0n) is 13.1. The van der Waals surface area contributed by atoms with Gasteiger partial charge in [-0.05, 0) is 43.4 Å². The molecule has 0 bridgehead atoms. The normalized spacial score (nSPS) is 50.1. The summed E-state index contributed by atoms with van der Waals surface area (Å²) in [5, 5.41) is 11.7. The van der Waals surface area contributed by atoms with Gasteiger partial charge in [0.1, 0.15) is 11.4 Å². The lowest BCUT2D eigenvalue weighted by Gasteiger charge is -2.50. The van der Waals surface area contributed by atoms with Crippen LogP contribution < -0.4 is 5.73 Å². The van der Waals surface area contributed by atoms with Crippen LogP contribution in [-0.4, -0.2) is 22.6 Å². The third-order valence-electron chi connectivity index (χ3n) is 7.15. The predicted molar refractivity (Wildman–Crippen MR) is 85.1 cm³/mol. The van der Waals surface area contributed by atoms with Crippen molar-refractivity contribution >= 4 is 5.84 Å². The molecule has 3 nitrogen and oxygen atoms in total. The molecule has 118 valence electrons. The quantitative estimate of drug-likeness (QED) is 0.779. The molecule has 1 aliphatic heterocycles. The van der Waals surface area contributed by atoms with E-state index in [1.54, 1.807) is 0 Å². The molecule has 3 N–H and O–H groups in total. The molecule has 0 radical (unpaired) electrons. The van der Waals surface area contributed by atoms with Crippen molar-refractivity contribution in [2.75, 3.05) is 0 Å². The summed E-state index contributed by atoms with van der Waals surface area (Å²) in [6.07, 6.45) is 14.0. The van der Waals surface area contributed by atoms with Crippen LogP contribution >= 0.6 is 0 Å². The second kappa shape index (κ2) is 5.26. The summed E-state index contributed by atoms with van der Waals surface area (Å²) in [7, 11) is 0. The molecule has 0 aromatic rings. The minimum Gasteiger partial charge on any atom is -0.385 e. The average Bonchev–Trinajstić information content (AvgIpc) is 2.79. The van der Waals surface area contributed by atoms with Gasteiger partial charge in [0.05, 0.1) is 6.04 Å². The highest BCUT2D eigenvalue weighted by Gasteiger charge is 2.57. The van der Waals surface area contributed by atoms with Gasteiger partial charge in [-0.2, -0.15) is 0 Å². The number of hydrogen-bond acceptors (Lipinski definition) is 3. The molecule has 0 spiro atoms. The second-order valence-corrected chi connectivity index (χ2v) is 8.04. The van der Waals surface area contributed by atoms with E-state index in [2.05, 4.69) is 0 Å². The number of hydrogen-bond donors (Lipinski definition) is 2. The first-order valence-corrected chi connectivity index (χ1v) is 9.27. The van der Waals surface area contributed by atoms with Crippen molar-refractivity contribution in [1.29, 1.82) is 0 Å². The first kappa shape index (κ1) is 14.0. The number of nitrogens with two attached hydrogens (primary N) is 1. The Kier molecular flexibility index (Phi) is 3.52. The number of aliphatic imine (C=N–C) groups is 1. The largest absolute Gasteiger partial charge is 0.385 e. The van der Waals surface area contributed by atoms with E-state index in [0.717, 1.165) is 25.2 Å². The fourth-order valence-corrected chi connectivity index (χ4v) is 6.20. The zero-order chi connectivity index (χ0) is 14.4. The van der Waals surface area contributed by atoms with E-state index in [1.165, 1.54) is 51.4 Å². The van der Waals surface area contributed by atoms with Gasteiger partial charge in [0.2, 0.25) is 0 Å². The maximum atomic E-state index is 11.7. The summed E-state index contributed by atoms with van der Waals surface area (Å²) >= 11 is 0. The van der Waals surface area contributed by atoms with Crippen molar-refractivity contribution in [1.82, 2.24) is 0 Å². The number of fused-ring (bicyclic) bond motifs is 2. The molecule has 0 saturated heterocycles. The molecule has 4 rings (SSSR count). The second-order valence-electron chi connectivity index (χ2n) is 8.04. The molecule has 0 aromatic heterocycles. The first-order chi connectivity index (χ1) is 10.2. The molecule has 4 aliphatic rings. The Labute approximate surface area is 128 Å². The zero-order valence-corrected chi connectivity index (χ0v) is 13.1. The highest BCUT2D eigenvalue weighted by atomic mass is 16.3. The lowest BCUT2D eigenvalue weighted by molar-refractivity contribution is -0.0737. The maximum absolute atomic E-state index is 11.7. The topological polar surface area (TPSA) is 58.6 Å². The fraction of sp³-hybridized carbons (Fsp3) is 0.944. The Morgan fingerprint density at radius 1 is 0.857 bits per heavy atom. The number of amidine groups is 1. The lowest BCUT2D eigenvalue weighted by Crippen LogP contribution is -2.58. The fourth-order valence-electron chi connectivity index (χ4n) is 6.20. The summed E-state index contributed by atoms with van der Waals surface area (Å²) in [4.78, 5) is 4.72. The molecule has 3 aliphatic carbocycles. The Morgan fingerprint density at radius 2 is 1.52 bits per heavy atom. The minimum absolute atomic E-state index is 0.313. The Morgan fingerprint density at radius 3 is 2.43 bits per heavy atom. The van der Waals surface area contributed by atoms with Crippen molar-refractivity contribution in [3.63, 3.8) is 0 Å². The van der Waals surface area contributed by atoms with E-state index in [4.69, 9.17) is 10.7 Å². The van der Waals surface area contributed by atoms with Gasteiger partial charge >= 0.3 is 0 Å². The van der Waals surface area contributed by atoms with Crippen molar-refractivity contribution in [3.8, 4) is 0 Å². The third-order valence-corrected chi connectivity index (χ3v) is 7.15. The van der Waals surface area contributed by atoms with Crippen LogP contribution in [0.25, 0.3) is 0 Å². The smallest absolute Gasteiger partial charge is 0.129 e. The van der Waals surface area contributed by atoms with Crippen molar-refractivity contribution in [2.24, 2.45) is 34.4 Å². The van der Waals surface area contributed by atoms with E-state index in [0.29, 0.717) is 29.6 Å². The summed E-state index contributed by atoms with van der Waals surface area (Å²) in [6, 6.07) is 0.313. The van der Waals surface area contributed by atoms with Crippen LogP contribution in [0.3, 0.4) is 0 Å². The van der Waals surface area contributed by atoms with Gasteiger partial charge in [-0.1, -0.05) is 44.9 Å². The van der Waals surface area contributed by atoms with Crippen molar-refractivity contribution in [2.45, 2.75) is 82.3 Å². The van der Waals surface area contributed by atoms with Crippen LogP contribution in [0.1, 0.15) is 70.6 Å². The molecular weight excluding hydrogens is 260 g/mol. The Balaban J connectivity index is 1.65. The number of aliphatic hydroxyl groups is 1. The average molecular weight is 290 g/mol. The highest BCUT2D eigenvalue weighted by Crippen LogP contribution is 2.53. The van der Waals surface area contributed by atoms with E-state index in [9.17, 15) is 5.11 Å². The minimum atomic E-state index is -0.772. The standard InChI is InChI=1S/C18H30N2O/c19-17-18(21,15-9-3-4-11-16(15)20-17)14-10-5-7-12-6-1-2-8-13(12)14/h12-16,21H,1-11H2,(H2,19,20). The van der Waals surface area contributed by atoms with Crippen LogP contribution in [0, 0.1) is 23.7 Å². The van der Waals surface area contributed by atoms with Gasteiger partial charge in [-0.3, -0.25) is 4.99 Å². The molecule has 1 heterocycles. The van der Waals surface area contributed by atoms with Crippen LogP contribution in [0.15, 0.2) is 4.99 Å². The van der Waals surface area contributed by atoms with Gasteiger partial charge in [0, 0.05) is 5.92 Å². The van der Waals surface area contributed by atoms with Crippen LogP contribution in [-0.2, 0) is 0 Å². The summed E-state index contributed by atoms with van der Waals surface area (Å²) in [5.41, 5.74) is 5.55. The molecule has 6 unspecified atom stereocenters. The monoisotopic (exact) mass is 290 g/mol. The molecule has 3 fully saturated rings. The summed E-state index contributed by atoms with van der Waals surface area (Å²) in [5.74, 6) is 2.84. The van der Waals surface area contributed by atoms with E-state index < -0.39 is 5.60 Å². The van der Waals surface area contributed by atoms with E-state index in [-0.39, 0.29) is 0 Å². The molecular formula is C18H30N2O. The van der Waals surface area contributed by atoms with Gasteiger partial charge in [0.25, 0.3) is 0 Å². The maximum Gasteiger partial charge on any atom is 0.129 e. The summed E-state index contributed by atoms with van der Waals surface area (Å²) in [6.45, 7) is 0. The molecule has 3 saturated carbocycles. The highest BCUT2D eigenvalue weighted by molar-refractivity contribution is 5.91. The van der Waals surface area contributed by atoms with E-state index in [1.807, 2.05) is 0 Å². The van der Waals surface area contributed by atoms with Gasteiger partial charge in [-0.25, -0.2) is 0 Å². The molecule has 3 heteroatoms. The van der Waals surface area contributed by atoms with Crippen molar-refractivity contribution in [3.05, 3.63) is 0 Å². The summed E-state index contributed by atoms with van der Waals surface area (Å²) < 4.78 is 0. The van der Waals surface area contributed by atoms with E-state index >= 15 is 0 Å². The van der Waals surface area contributed by atoms with Crippen molar-refractivity contribution < 1.29 is 5.11 Å². The first-order valence-electron chi connectivity index (χ1n) is 9.27. The third kappa shape index (κ3) is 2.07. The number of rotatable bonds is 1. The van der Waals surface area contributed by atoms with Gasteiger partial charge < -0.3 is 10.8 Å². The van der Waals surface area contributed by atoms with Gasteiger partial charge in [-0.15, -0.1) is 0 Å². The predicted octanol–water partition coefficient (Wildman–Crippen LogP) is 3.25.